The van der Waals surface area contributed by atoms with Gasteiger partial charge in [0.05, 0.1) is 18.2 Å². The van der Waals surface area contributed by atoms with Crippen LogP contribution in [0.3, 0.4) is 0 Å². The maximum Gasteiger partial charge on any atom is 0.252 e. The van der Waals surface area contributed by atoms with Crippen LogP contribution in [0.2, 0.25) is 0 Å². The highest BCUT2D eigenvalue weighted by molar-refractivity contribution is 5.82. The van der Waals surface area contributed by atoms with Gasteiger partial charge in [-0.15, -0.1) is 5.10 Å². The van der Waals surface area contributed by atoms with E-state index in [0.29, 0.717) is 25.2 Å². The zero-order valence-electron chi connectivity index (χ0n) is 20.9. The van der Waals surface area contributed by atoms with Gasteiger partial charge in [0.2, 0.25) is 0 Å². The van der Waals surface area contributed by atoms with Gasteiger partial charge in [0.15, 0.2) is 5.82 Å². The first-order chi connectivity index (χ1) is 16.9. The molecular formula is C27H34N6O2. The number of rotatable bonds is 10. The highest BCUT2D eigenvalue weighted by Crippen LogP contribution is 2.28. The summed E-state index contributed by atoms with van der Waals surface area (Å²) in [6.45, 7) is 9.69. The van der Waals surface area contributed by atoms with Crippen LogP contribution in [0.4, 0.5) is 0 Å². The van der Waals surface area contributed by atoms with Gasteiger partial charge in [-0.2, -0.15) is 0 Å². The molecule has 2 N–H and O–H groups in total. The molecule has 0 spiro atoms. The molecule has 2 aromatic heterocycles. The lowest BCUT2D eigenvalue weighted by molar-refractivity contribution is 0.105. The molecule has 1 atom stereocenters. The Labute approximate surface area is 205 Å². The summed E-state index contributed by atoms with van der Waals surface area (Å²) < 4.78 is 1.85. The normalized spacial score (nSPS) is 12.7. The van der Waals surface area contributed by atoms with E-state index in [1.54, 1.807) is 0 Å². The molecular weight excluding hydrogens is 440 g/mol. The first kappa shape index (κ1) is 24.8. The van der Waals surface area contributed by atoms with E-state index in [9.17, 15) is 9.90 Å². The second kappa shape index (κ2) is 10.9. The fourth-order valence-corrected chi connectivity index (χ4v) is 4.86. The van der Waals surface area contributed by atoms with Gasteiger partial charge in [0, 0.05) is 25.2 Å². The number of benzene rings is 2. The van der Waals surface area contributed by atoms with Crippen molar-refractivity contribution in [3.05, 3.63) is 87.0 Å². The molecule has 0 saturated heterocycles. The molecule has 0 radical (unpaired) electrons. The standard InChI is InChI=1S/C27H34N6O2/c1-18(2)25(26-29-30-31-33(26)11-10-21-8-6-5-7-9-21)32(12-13-34)17-23-16-22-15-19(3)14-20(4)24(22)28-27(23)35/h5-9,14-16,18,25,34H,10-13,17H2,1-4H3,(H,28,35)/t25-/m0/s1. The van der Waals surface area contributed by atoms with Crippen LogP contribution in [0, 0.1) is 19.8 Å². The summed E-state index contributed by atoms with van der Waals surface area (Å²) in [4.78, 5) is 18.2. The maximum atomic E-state index is 13.0. The van der Waals surface area contributed by atoms with Crippen molar-refractivity contribution in [2.24, 2.45) is 5.92 Å². The average molecular weight is 475 g/mol. The Bertz CT molecular complexity index is 1330. The molecule has 2 aromatic carbocycles. The summed E-state index contributed by atoms with van der Waals surface area (Å²) in [5, 5.41) is 23.5. The first-order valence-corrected chi connectivity index (χ1v) is 12.2. The second-order valence-corrected chi connectivity index (χ2v) is 9.55. The van der Waals surface area contributed by atoms with Gasteiger partial charge in [-0.3, -0.25) is 9.69 Å². The van der Waals surface area contributed by atoms with E-state index in [0.717, 1.165) is 34.3 Å². The third kappa shape index (κ3) is 5.66. The second-order valence-electron chi connectivity index (χ2n) is 9.55. The van der Waals surface area contributed by atoms with E-state index in [-0.39, 0.29) is 24.1 Å². The number of hydrogen-bond acceptors (Lipinski definition) is 6. The SMILES string of the molecule is Cc1cc(C)c2[nH]c(=O)c(CN(CCO)[C@H](c3nnnn3CCc3ccccc3)C(C)C)cc2c1. The van der Waals surface area contributed by atoms with Crippen molar-refractivity contribution in [2.45, 2.75) is 53.2 Å². The number of nitrogens with zero attached hydrogens (tertiary/aromatic N) is 5. The van der Waals surface area contributed by atoms with Crippen molar-refractivity contribution in [3.63, 3.8) is 0 Å². The lowest BCUT2D eigenvalue weighted by Gasteiger charge is -2.33. The van der Waals surface area contributed by atoms with E-state index in [1.807, 2.05) is 35.9 Å². The zero-order chi connectivity index (χ0) is 24.9. The third-order valence-corrected chi connectivity index (χ3v) is 6.44. The summed E-state index contributed by atoms with van der Waals surface area (Å²) in [6.07, 6.45) is 0.812. The molecule has 0 aliphatic carbocycles. The highest BCUT2D eigenvalue weighted by Gasteiger charge is 2.29. The summed E-state index contributed by atoms with van der Waals surface area (Å²) in [7, 11) is 0. The number of aliphatic hydroxyl groups excluding tert-OH is 1. The van der Waals surface area contributed by atoms with Crippen molar-refractivity contribution >= 4 is 10.9 Å². The molecule has 0 aliphatic heterocycles. The molecule has 0 saturated carbocycles. The van der Waals surface area contributed by atoms with Crippen molar-refractivity contribution in [1.82, 2.24) is 30.1 Å². The van der Waals surface area contributed by atoms with E-state index in [4.69, 9.17) is 0 Å². The summed E-state index contributed by atoms with van der Waals surface area (Å²) in [6, 6.07) is 16.2. The molecule has 4 aromatic rings. The van der Waals surface area contributed by atoms with Gasteiger partial charge in [-0.25, -0.2) is 4.68 Å². The minimum Gasteiger partial charge on any atom is -0.395 e. The molecule has 2 heterocycles. The lowest BCUT2D eigenvalue weighted by Crippen LogP contribution is -2.37. The van der Waals surface area contributed by atoms with Crippen LogP contribution >= 0.6 is 0 Å². The Kier molecular flexibility index (Phi) is 7.73. The van der Waals surface area contributed by atoms with Gasteiger partial charge >= 0.3 is 0 Å². The molecule has 0 unspecified atom stereocenters. The third-order valence-electron chi connectivity index (χ3n) is 6.44. The van der Waals surface area contributed by atoms with E-state index < -0.39 is 0 Å². The number of aromatic amines is 1. The molecule has 0 amide bonds. The predicted molar refractivity (Wildman–Crippen MR) is 137 cm³/mol. The predicted octanol–water partition coefficient (Wildman–Crippen LogP) is 3.57. The van der Waals surface area contributed by atoms with Gasteiger partial charge < -0.3 is 10.1 Å². The summed E-state index contributed by atoms with van der Waals surface area (Å²) >= 11 is 0. The molecule has 35 heavy (non-hydrogen) atoms. The van der Waals surface area contributed by atoms with Crippen LogP contribution in [-0.2, 0) is 19.5 Å². The number of tetrazole rings is 1. The van der Waals surface area contributed by atoms with Gasteiger partial charge in [-0.1, -0.05) is 55.8 Å². The van der Waals surface area contributed by atoms with Crippen molar-refractivity contribution in [2.75, 3.05) is 13.2 Å². The summed E-state index contributed by atoms with van der Waals surface area (Å²) in [5.41, 5.74) is 4.83. The minimum absolute atomic E-state index is 0.0293. The van der Waals surface area contributed by atoms with Gasteiger partial charge in [0.1, 0.15) is 0 Å². The smallest absolute Gasteiger partial charge is 0.252 e. The van der Waals surface area contributed by atoms with E-state index in [2.05, 4.69) is 70.4 Å². The number of aliphatic hydroxyl groups is 1. The quantitative estimate of drug-likeness (QED) is 0.365. The van der Waals surface area contributed by atoms with Crippen LogP contribution in [0.25, 0.3) is 10.9 Å². The Morgan fingerprint density at radius 1 is 1.11 bits per heavy atom. The Hall–Kier alpha value is -3.36. The topological polar surface area (TPSA) is 99.9 Å². The first-order valence-electron chi connectivity index (χ1n) is 12.2. The van der Waals surface area contributed by atoms with Crippen LogP contribution in [0.1, 0.15) is 48.0 Å². The zero-order valence-corrected chi connectivity index (χ0v) is 20.9. The molecule has 0 bridgehead atoms. The lowest BCUT2D eigenvalue weighted by atomic mass is 10.00. The molecule has 8 nitrogen and oxygen atoms in total. The maximum absolute atomic E-state index is 13.0. The van der Waals surface area contributed by atoms with Gasteiger partial charge in [-0.05, 0) is 65.3 Å². The fraction of sp³-hybridized carbons (Fsp3) is 0.407. The number of aryl methyl sites for hydroxylation is 4. The molecule has 184 valence electrons. The Morgan fingerprint density at radius 3 is 2.60 bits per heavy atom. The van der Waals surface area contributed by atoms with Gasteiger partial charge in [0.25, 0.3) is 5.56 Å². The van der Waals surface area contributed by atoms with Crippen molar-refractivity contribution in [1.29, 1.82) is 0 Å². The van der Waals surface area contributed by atoms with E-state index in [1.165, 1.54) is 5.56 Å². The number of fused-ring (bicyclic) bond motifs is 1. The van der Waals surface area contributed by atoms with Crippen LogP contribution < -0.4 is 5.56 Å². The van der Waals surface area contributed by atoms with Crippen LogP contribution in [0.5, 0.6) is 0 Å². The van der Waals surface area contributed by atoms with Crippen LogP contribution in [-0.4, -0.2) is 48.3 Å². The minimum atomic E-state index is -0.165. The van der Waals surface area contributed by atoms with Crippen molar-refractivity contribution < 1.29 is 5.11 Å². The molecule has 0 aliphatic rings. The fourth-order valence-electron chi connectivity index (χ4n) is 4.86. The van der Waals surface area contributed by atoms with E-state index >= 15 is 0 Å². The average Bonchev–Trinajstić information content (AvgIpc) is 3.27. The van der Waals surface area contributed by atoms with Crippen molar-refractivity contribution in [3.8, 4) is 0 Å². The van der Waals surface area contributed by atoms with Crippen LogP contribution in [0.15, 0.2) is 53.3 Å². The monoisotopic (exact) mass is 474 g/mol. The summed E-state index contributed by atoms with van der Waals surface area (Å²) in [5.74, 6) is 0.903. The number of pyridine rings is 1. The molecule has 0 fully saturated rings. The molecule has 4 rings (SSSR count). The molecule has 8 heteroatoms. The highest BCUT2D eigenvalue weighted by atomic mass is 16.3. The largest absolute Gasteiger partial charge is 0.395 e. The number of H-pyrrole nitrogens is 1. The number of hydrogen-bond donors (Lipinski definition) is 2. The Morgan fingerprint density at radius 2 is 1.89 bits per heavy atom. The Balaban J connectivity index is 1.65. The number of nitrogens with one attached hydrogen (secondary N) is 1. The number of aromatic nitrogens is 5.